The van der Waals surface area contributed by atoms with Crippen LogP contribution in [0.1, 0.15) is 35.5 Å². The number of amides is 1. The number of fused-ring (bicyclic) bond motifs is 1. The molecule has 2 aromatic carbocycles. The summed E-state index contributed by atoms with van der Waals surface area (Å²) in [5.74, 6) is 0.779. The van der Waals surface area contributed by atoms with Crippen LogP contribution in [0.15, 0.2) is 42.5 Å². The molecule has 2 N–H and O–H groups in total. The number of carbonyl (C=O) groups excluding carboxylic acids is 1. The first-order valence-electron chi connectivity index (χ1n) is 7.83. The summed E-state index contributed by atoms with van der Waals surface area (Å²) >= 11 is 0. The van der Waals surface area contributed by atoms with Crippen LogP contribution in [0.5, 0.6) is 0 Å². The third-order valence-corrected chi connectivity index (χ3v) is 4.13. The molecule has 3 rings (SSSR count). The molecule has 0 bridgehead atoms. The van der Waals surface area contributed by atoms with Crippen molar-refractivity contribution in [2.45, 2.75) is 33.2 Å². The zero-order chi connectivity index (χ0) is 16.4. The van der Waals surface area contributed by atoms with Crippen LogP contribution in [-0.2, 0) is 11.2 Å². The minimum atomic E-state index is -0.151. The van der Waals surface area contributed by atoms with Gasteiger partial charge in [-0.25, -0.2) is 4.98 Å². The van der Waals surface area contributed by atoms with Gasteiger partial charge in [0.15, 0.2) is 0 Å². The zero-order valence-corrected chi connectivity index (χ0v) is 13.7. The molecule has 0 fully saturated rings. The van der Waals surface area contributed by atoms with E-state index in [0.717, 1.165) is 22.4 Å². The summed E-state index contributed by atoms with van der Waals surface area (Å²) in [7, 11) is 0. The Bertz CT molecular complexity index is 818. The summed E-state index contributed by atoms with van der Waals surface area (Å²) in [5, 5.41) is 3.01. The normalized spacial score (nSPS) is 12.3. The zero-order valence-electron chi connectivity index (χ0n) is 13.7. The SMILES string of the molecule is Cc1ccc(CC(=O)N[C@@H](C)c2nc3ccccc3[nH]2)cc1C. The number of nitrogens with zero attached hydrogens (tertiary/aromatic N) is 1. The predicted molar refractivity (Wildman–Crippen MR) is 92.3 cm³/mol. The molecule has 0 aliphatic heterocycles. The molecule has 1 atom stereocenters. The number of imidazole rings is 1. The smallest absolute Gasteiger partial charge is 0.224 e. The molecule has 23 heavy (non-hydrogen) atoms. The van der Waals surface area contributed by atoms with Crippen molar-refractivity contribution >= 4 is 16.9 Å². The molecule has 0 aliphatic carbocycles. The number of aryl methyl sites for hydroxylation is 2. The summed E-state index contributed by atoms with van der Waals surface area (Å²) in [6, 6.07) is 13.8. The van der Waals surface area contributed by atoms with Gasteiger partial charge < -0.3 is 10.3 Å². The highest BCUT2D eigenvalue weighted by Crippen LogP contribution is 2.16. The fourth-order valence-electron chi connectivity index (χ4n) is 2.64. The Hall–Kier alpha value is -2.62. The molecule has 0 saturated heterocycles. The highest BCUT2D eigenvalue weighted by atomic mass is 16.1. The van der Waals surface area contributed by atoms with Crippen LogP contribution in [0, 0.1) is 13.8 Å². The van der Waals surface area contributed by atoms with E-state index in [4.69, 9.17) is 0 Å². The number of aromatic nitrogens is 2. The van der Waals surface area contributed by atoms with Crippen LogP contribution in [0.2, 0.25) is 0 Å². The largest absolute Gasteiger partial charge is 0.346 e. The van der Waals surface area contributed by atoms with Gasteiger partial charge in [-0.2, -0.15) is 0 Å². The molecule has 0 aliphatic rings. The average molecular weight is 307 g/mol. The molecule has 4 heteroatoms. The van der Waals surface area contributed by atoms with Crippen molar-refractivity contribution < 1.29 is 4.79 Å². The molecule has 118 valence electrons. The first-order valence-corrected chi connectivity index (χ1v) is 7.83. The number of para-hydroxylation sites is 2. The van der Waals surface area contributed by atoms with Crippen molar-refractivity contribution in [3.05, 3.63) is 65.0 Å². The van der Waals surface area contributed by atoms with Crippen LogP contribution < -0.4 is 5.32 Å². The lowest BCUT2D eigenvalue weighted by Gasteiger charge is -2.12. The maximum atomic E-state index is 12.3. The summed E-state index contributed by atoms with van der Waals surface area (Å²) in [6.45, 7) is 6.08. The van der Waals surface area contributed by atoms with Crippen molar-refractivity contribution in [1.29, 1.82) is 0 Å². The molecule has 3 aromatic rings. The Morgan fingerprint density at radius 2 is 1.96 bits per heavy atom. The number of nitrogens with one attached hydrogen (secondary N) is 2. The molecule has 0 unspecified atom stereocenters. The number of rotatable bonds is 4. The van der Waals surface area contributed by atoms with Gasteiger partial charge in [0.05, 0.1) is 23.5 Å². The lowest BCUT2D eigenvalue weighted by molar-refractivity contribution is -0.121. The number of hydrogen-bond acceptors (Lipinski definition) is 2. The van der Waals surface area contributed by atoms with E-state index in [1.165, 1.54) is 11.1 Å². The monoisotopic (exact) mass is 307 g/mol. The second-order valence-electron chi connectivity index (χ2n) is 6.02. The van der Waals surface area contributed by atoms with Crippen LogP contribution in [-0.4, -0.2) is 15.9 Å². The van der Waals surface area contributed by atoms with E-state index in [2.05, 4.69) is 41.3 Å². The van der Waals surface area contributed by atoms with Crippen LogP contribution in [0.25, 0.3) is 11.0 Å². The van der Waals surface area contributed by atoms with Crippen molar-refractivity contribution in [3.63, 3.8) is 0 Å². The van der Waals surface area contributed by atoms with Gasteiger partial charge in [-0.3, -0.25) is 4.79 Å². The van der Waals surface area contributed by atoms with Crippen molar-refractivity contribution in [2.75, 3.05) is 0 Å². The van der Waals surface area contributed by atoms with Crippen molar-refractivity contribution in [2.24, 2.45) is 0 Å². The van der Waals surface area contributed by atoms with Crippen LogP contribution in [0.3, 0.4) is 0 Å². The highest BCUT2D eigenvalue weighted by Gasteiger charge is 2.14. The van der Waals surface area contributed by atoms with Gasteiger partial charge in [0.2, 0.25) is 5.91 Å². The van der Waals surface area contributed by atoms with Gasteiger partial charge in [-0.05, 0) is 49.6 Å². The number of hydrogen-bond donors (Lipinski definition) is 2. The summed E-state index contributed by atoms with van der Waals surface area (Å²) in [6.07, 6.45) is 0.381. The van der Waals surface area contributed by atoms with Gasteiger partial charge in [-0.1, -0.05) is 30.3 Å². The quantitative estimate of drug-likeness (QED) is 0.773. The summed E-state index contributed by atoms with van der Waals surface area (Å²) in [5.41, 5.74) is 5.38. The van der Waals surface area contributed by atoms with Crippen molar-refractivity contribution in [1.82, 2.24) is 15.3 Å². The number of benzene rings is 2. The average Bonchev–Trinajstić information content (AvgIpc) is 2.95. The van der Waals surface area contributed by atoms with E-state index >= 15 is 0 Å². The number of H-pyrrole nitrogens is 1. The first-order chi connectivity index (χ1) is 11.0. The van der Waals surface area contributed by atoms with E-state index in [1.54, 1.807) is 0 Å². The Balaban J connectivity index is 1.67. The predicted octanol–water partition coefficient (Wildman–Crippen LogP) is 3.60. The van der Waals surface area contributed by atoms with E-state index in [0.29, 0.717) is 6.42 Å². The third-order valence-electron chi connectivity index (χ3n) is 4.13. The second-order valence-corrected chi connectivity index (χ2v) is 6.02. The molecule has 0 spiro atoms. The van der Waals surface area contributed by atoms with E-state index < -0.39 is 0 Å². The molecule has 0 radical (unpaired) electrons. The lowest BCUT2D eigenvalue weighted by Crippen LogP contribution is -2.28. The summed E-state index contributed by atoms with van der Waals surface area (Å²) in [4.78, 5) is 20.0. The van der Waals surface area contributed by atoms with Crippen LogP contribution in [0.4, 0.5) is 0 Å². The van der Waals surface area contributed by atoms with Gasteiger partial charge in [0, 0.05) is 0 Å². The topological polar surface area (TPSA) is 57.8 Å². The lowest BCUT2D eigenvalue weighted by atomic mass is 10.0. The molecule has 1 aromatic heterocycles. The minimum Gasteiger partial charge on any atom is -0.346 e. The molecule has 1 amide bonds. The Kier molecular flexibility index (Phi) is 4.15. The number of aromatic amines is 1. The highest BCUT2D eigenvalue weighted by molar-refractivity contribution is 5.79. The molecular weight excluding hydrogens is 286 g/mol. The molecule has 1 heterocycles. The standard InChI is InChI=1S/C19H21N3O/c1-12-8-9-15(10-13(12)2)11-18(23)20-14(3)19-21-16-6-4-5-7-17(16)22-19/h4-10,14H,11H2,1-3H3,(H,20,23)(H,21,22)/t14-/m0/s1. The van der Waals surface area contributed by atoms with Crippen molar-refractivity contribution in [3.8, 4) is 0 Å². The molecular formula is C19H21N3O. The third kappa shape index (κ3) is 3.42. The minimum absolute atomic E-state index is 0.00112. The van der Waals surface area contributed by atoms with E-state index in [-0.39, 0.29) is 11.9 Å². The fourth-order valence-corrected chi connectivity index (χ4v) is 2.64. The summed E-state index contributed by atoms with van der Waals surface area (Å²) < 4.78 is 0. The maximum absolute atomic E-state index is 12.3. The van der Waals surface area contributed by atoms with Gasteiger partial charge in [0.1, 0.15) is 5.82 Å². The second kappa shape index (κ2) is 6.24. The number of carbonyl (C=O) groups is 1. The Morgan fingerprint density at radius 1 is 1.17 bits per heavy atom. The van der Waals surface area contributed by atoms with Gasteiger partial charge in [0.25, 0.3) is 0 Å². The Morgan fingerprint density at radius 3 is 2.70 bits per heavy atom. The van der Waals surface area contributed by atoms with E-state index in [1.807, 2.05) is 37.3 Å². The first kappa shape index (κ1) is 15.3. The van der Waals surface area contributed by atoms with Gasteiger partial charge in [-0.15, -0.1) is 0 Å². The fraction of sp³-hybridized carbons (Fsp3) is 0.263. The van der Waals surface area contributed by atoms with Crippen LogP contribution >= 0.6 is 0 Å². The Labute approximate surface area is 136 Å². The molecule has 0 saturated carbocycles. The van der Waals surface area contributed by atoms with Gasteiger partial charge >= 0.3 is 0 Å². The maximum Gasteiger partial charge on any atom is 0.224 e. The molecule has 4 nitrogen and oxygen atoms in total. The van der Waals surface area contributed by atoms with E-state index in [9.17, 15) is 4.79 Å².